The van der Waals surface area contributed by atoms with Crippen LogP contribution in [0.2, 0.25) is 5.02 Å². The molecule has 0 bridgehead atoms. The first kappa shape index (κ1) is 17.0. The lowest BCUT2D eigenvalue weighted by Crippen LogP contribution is -2.27. The van der Waals surface area contributed by atoms with Crippen LogP contribution in [0.25, 0.3) is 0 Å². The molecule has 0 fully saturated rings. The summed E-state index contributed by atoms with van der Waals surface area (Å²) < 4.78 is 27.5. The topological polar surface area (TPSA) is 75.3 Å². The molecular weight excluding hydrogens is 348 g/mol. The van der Waals surface area contributed by atoms with Crippen molar-refractivity contribution in [1.29, 1.82) is 0 Å². The smallest absolute Gasteiger partial charge is 0.240 e. The van der Waals surface area contributed by atoms with Gasteiger partial charge < -0.3 is 5.32 Å². The Morgan fingerprint density at radius 2 is 1.88 bits per heavy atom. The van der Waals surface area contributed by atoms with E-state index in [1.54, 1.807) is 6.07 Å². The minimum absolute atomic E-state index is 0.110. The number of amides is 1. The standard InChI is InChI=1S/C17H17ClN2O3S/c18-15-11-14(10-13-6-7-16(21)20-17(13)15)24(22,23)19-9-8-12-4-2-1-3-5-12/h1-5,10-11,19H,6-9H2,(H,20,21). The number of carbonyl (C=O) groups is 1. The van der Waals surface area contributed by atoms with Gasteiger partial charge in [0.1, 0.15) is 0 Å². The van der Waals surface area contributed by atoms with E-state index in [2.05, 4.69) is 10.0 Å². The molecule has 2 aromatic rings. The number of rotatable bonds is 5. The van der Waals surface area contributed by atoms with E-state index in [0.29, 0.717) is 31.5 Å². The number of sulfonamides is 1. The number of aryl methyl sites for hydroxylation is 1. The monoisotopic (exact) mass is 364 g/mol. The third-order valence-corrected chi connectivity index (χ3v) is 5.63. The fourth-order valence-corrected chi connectivity index (χ4v) is 4.09. The van der Waals surface area contributed by atoms with Crippen LogP contribution in [0.5, 0.6) is 0 Å². The summed E-state index contributed by atoms with van der Waals surface area (Å²) in [5.41, 5.74) is 2.31. The van der Waals surface area contributed by atoms with Crippen LogP contribution in [0.1, 0.15) is 17.5 Å². The predicted molar refractivity (Wildman–Crippen MR) is 93.7 cm³/mol. The molecular formula is C17H17ClN2O3S. The molecule has 3 rings (SSSR count). The van der Waals surface area contributed by atoms with Gasteiger partial charge in [-0.05, 0) is 36.1 Å². The molecule has 0 unspecified atom stereocenters. The molecule has 0 saturated heterocycles. The van der Waals surface area contributed by atoms with E-state index >= 15 is 0 Å². The first-order chi connectivity index (χ1) is 11.5. The van der Waals surface area contributed by atoms with Crippen LogP contribution >= 0.6 is 11.6 Å². The van der Waals surface area contributed by atoms with Crippen molar-refractivity contribution in [3.63, 3.8) is 0 Å². The zero-order chi connectivity index (χ0) is 17.2. The van der Waals surface area contributed by atoms with E-state index in [-0.39, 0.29) is 15.8 Å². The summed E-state index contributed by atoms with van der Waals surface area (Å²) in [5, 5.41) is 2.93. The van der Waals surface area contributed by atoms with E-state index in [9.17, 15) is 13.2 Å². The Kier molecular flexibility index (Phi) is 4.89. The number of hydrogen-bond donors (Lipinski definition) is 2. The van der Waals surface area contributed by atoms with Gasteiger partial charge in [-0.3, -0.25) is 4.79 Å². The highest BCUT2D eigenvalue weighted by molar-refractivity contribution is 7.89. The molecule has 5 nitrogen and oxygen atoms in total. The van der Waals surface area contributed by atoms with Gasteiger partial charge in [-0.15, -0.1) is 0 Å². The third kappa shape index (κ3) is 3.77. The Hall–Kier alpha value is -1.89. The van der Waals surface area contributed by atoms with Crippen molar-refractivity contribution in [2.45, 2.75) is 24.2 Å². The van der Waals surface area contributed by atoms with Gasteiger partial charge in [-0.25, -0.2) is 13.1 Å². The van der Waals surface area contributed by atoms with Gasteiger partial charge in [0, 0.05) is 13.0 Å². The van der Waals surface area contributed by atoms with Crippen molar-refractivity contribution < 1.29 is 13.2 Å². The zero-order valence-electron chi connectivity index (χ0n) is 12.9. The maximum atomic E-state index is 12.5. The van der Waals surface area contributed by atoms with Crippen LogP contribution in [0.15, 0.2) is 47.4 Å². The summed E-state index contributed by atoms with van der Waals surface area (Å²) in [5.74, 6) is -0.110. The highest BCUT2D eigenvalue weighted by Gasteiger charge is 2.22. The molecule has 0 atom stereocenters. The summed E-state index contributed by atoms with van der Waals surface area (Å²) >= 11 is 6.14. The second-order valence-corrected chi connectivity index (χ2v) is 7.79. The number of nitrogens with one attached hydrogen (secondary N) is 2. The van der Waals surface area contributed by atoms with Crippen LogP contribution in [0, 0.1) is 0 Å². The highest BCUT2D eigenvalue weighted by Crippen LogP contribution is 2.33. The van der Waals surface area contributed by atoms with Crippen molar-refractivity contribution in [3.05, 3.63) is 58.6 Å². The first-order valence-electron chi connectivity index (χ1n) is 7.61. The summed E-state index contributed by atoms with van der Waals surface area (Å²) in [6.07, 6.45) is 1.41. The third-order valence-electron chi connectivity index (χ3n) is 3.89. The summed E-state index contributed by atoms with van der Waals surface area (Å²) in [6, 6.07) is 12.6. The van der Waals surface area contributed by atoms with E-state index in [0.717, 1.165) is 11.1 Å². The fraction of sp³-hybridized carbons (Fsp3) is 0.235. The van der Waals surface area contributed by atoms with Gasteiger partial charge in [0.2, 0.25) is 15.9 Å². The van der Waals surface area contributed by atoms with Crippen molar-refractivity contribution >= 4 is 33.2 Å². The number of benzene rings is 2. The minimum Gasteiger partial charge on any atom is -0.325 e. The van der Waals surface area contributed by atoms with E-state index in [4.69, 9.17) is 11.6 Å². The van der Waals surface area contributed by atoms with Crippen LogP contribution in [0.3, 0.4) is 0 Å². The van der Waals surface area contributed by atoms with E-state index < -0.39 is 10.0 Å². The average molecular weight is 365 g/mol. The second kappa shape index (κ2) is 6.93. The molecule has 126 valence electrons. The van der Waals surface area contributed by atoms with Crippen molar-refractivity contribution in [1.82, 2.24) is 4.72 Å². The summed E-state index contributed by atoms with van der Waals surface area (Å²) in [7, 11) is -3.65. The fourth-order valence-electron chi connectivity index (χ4n) is 2.64. The normalized spacial score (nSPS) is 14.1. The Morgan fingerprint density at radius 3 is 2.62 bits per heavy atom. The molecule has 24 heavy (non-hydrogen) atoms. The molecule has 0 radical (unpaired) electrons. The molecule has 1 aliphatic rings. The Balaban J connectivity index is 1.75. The van der Waals surface area contributed by atoms with Crippen molar-refractivity contribution in [3.8, 4) is 0 Å². The average Bonchev–Trinajstić information content (AvgIpc) is 2.56. The number of hydrogen-bond acceptors (Lipinski definition) is 3. The molecule has 0 saturated carbocycles. The number of fused-ring (bicyclic) bond motifs is 1. The lowest BCUT2D eigenvalue weighted by molar-refractivity contribution is -0.116. The largest absolute Gasteiger partial charge is 0.325 e. The maximum Gasteiger partial charge on any atom is 0.240 e. The van der Waals surface area contributed by atoms with Gasteiger partial charge in [0.15, 0.2) is 0 Å². The van der Waals surface area contributed by atoms with Crippen LogP contribution < -0.4 is 10.0 Å². The molecule has 7 heteroatoms. The van der Waals surface area contributed by atoms with Crippen LogP contribution in [0.4, 0.5) is 5.69 Å². The van der Waals surface area contributed by atoms with Gasteiger partial charge in [-0.2, -0.15) is 0 Å². The molecule has 1 amide bonds. The van der Waals surface area contributed by atoms with Crippen LogP contribution in [-0.2, 0) is 27.7 Å². The van der Waals surface area contributed by atoms with Crippen molar-refractivity contribution in [2.24, 2.45) is 0 Å². The SMILES string of the molecule is O=C1CCc2cc(S(=O)(=O)NCCc3ccccc3)cc(Cl)c2N1. The summed E-state index contributed by atoms with van der Waals surface area (Å²) in [6.45, 7) is 0.303. The molecule has 0 spiro atoms. The zero-order valence-corrected chi connectivity index (χ0v) is 14.5. The van der Waals surface area contributed by atoms with Gasteiger partial charge >= 0.3 is 0 Å². The highest BCUT2D eigenvalue weighted by atomic mass is 35.5. The molecule has 2 N–H and O–H groups in total. The van der Waals surface area contributed by atoms with E-state index in [1.807, 2.05) is 30.3 Å². The van der Waals surface area contributed by atoms with Crippen molar-refractivity contribution in [2.75, 3.05) is 11.9 Å². The molecule has 1 heterocycles. The predicted octanol–water partition coefficient (Wildman–Crippen LogP) is 2.75. The second-order valence-electron chi connectivity index (χ2n) is 5.62. The summed E-state index contributed by atoms with van der Waals surface area (Å²) in [4.78, 5) is 11.6. The number of carbonyl (C=O) groups excluding carboxylic acids is 1. The minimum atomic E-state index is -3.65. The van der Waals surface area contributed by atoms with Crippen LogP contribution in [-0.4, -0.2) is 20.9 Å². The molecule has 0 aromatic heterocycles. The Labute approximate surface area is 146 Å². The quantitative estimate of drug-likeness (QED) is 0.856. The lowest BCUT2D eigenvalue weighted by atomic mass is 10.0. The molecule has 0 aliphatic carbocycles. The van der Waals surface area contributed by atoms with Gasteiger partial charge in [0.05, 0.1) is 15.6 Å². The lowest BCUT2D eigenvalue weighted by Gasteiger charge is -2.19. The van der Waals surface area contributed by atoms with E-state index in [1.165, 1.54) is 6.07 Å². The Bertz CT molecular complexity index is 867. The number of halogens is 1. The molecule has 1 aliphatic heterocycles. The Morgan fingerprint density at radius 1 is 1.12 bits per heavy atom. The van der Waals surface area contributed by atoms with Gasteiger partial charge in [0.25, 0.3) is 0 Å². The maximum absolute atomic E-state index is 12.5. The van der Waals surface area contributed by atoms with Gasteiger partial charge in [-0.1, -0.05) is 41.9 Å². The molecule has 2 aromatic carbocycles. The number of anilines is 1. The first-order valence-corrected chi connectivity index (χ1v) is 9.48.